The van der Waals surface area contributed by atoms with Gasteiger partial charge in [0.2, 0.25) is 5.91 Å². The van der Waals surface area contributed by atoms with E-state index in [0.717, 1.165) is 42.9 Å². The Labute approximate surface area is 186 Å². The Kier molecular flexibility index (Phi) is 5.55. The Morgan fingerprint density at radius 1 is 1.09 bits per heavy atom. The fraction of sp³-hybridized carbons (Fsp3) is 0.400. The van der Waals surface area contributed by atoms with E-state index >= 15 is 0 Å². The molecule has 7 nitrogen and oxygen atoms in total. The number of aryl methyl sites for hydroxylation is 1. The molecule has 32 heavy (non-hydrogen) atoms. The minimum atomic E-state index is -0.0794. The average Bonchev–Trinajstić information content (AvgIpc) is 3.19. The lowest BCUT2D eigenvalue weighted by molar-refractivity contribution is -0.132. The molecule has 0 aliphatic carbocycles. The standard InChI is InChI=1S/C25H27N3O4/c1-27-23(26-19-7-3-2-6-18(19)25(27)30)11-12-24(29)28-13-4-8-20(28)17-9-10-21-22(16-17)32-15-5-14-31-21/h2-3,6-7,9-10,16,20H,4-5,8,11-15H2,1H3/t20-/m1/s1. The van der Waals surface area contributed by atoms with Gasteiger partial charge in [0.1, 0.15) is 5.82 Å². The summed E-state index contributed by atoms with van der Waals surface area (Å²) in [5, 5.41) is 0.596. The molecule has 7 heteroatoms. The van der Waals surface area contributed by atoms with Gasteiger partial charge < -0.3 is 14.4 Å². The first-order valence-electron chi connectivity index (χ1n) is 11.3. The van der Waals surface area contributed by atoms with E-state index in [4.69, 9.17) is 9.47 Å². The maximum atomic E-state index is 13.2. The molecule has 0 unspecified atom stereocenters. The molecule has 0 bridgehead atoms. The van der Waals surface area contributed by atoms with Gasteiger partial charge in [-0.15, -0.1) is 0 Å². The number of hydrogen-bond donors (Lipinski definition) is 0. The number of benzene rings is 2. The normalized spacial score (nSPS) is 18.0. The molecular weight excluding hydrogens is 406 g/mol. The number of nitrogens with zero attached hydrogens (tertiary/aromatic N) is 3. The molecule has 2 aliphatic heterocycles. The largest absolute Gasteiger partial charge is 0.490 e. The lowest BCUT2D eigenvalue weighted by Crippen LogP contribution is -2.31. The van der Waals surface area contributed by atoms with Crippen LogP contribution in [-0.2, 0) is 18.3 Å². The molecule has 1 fully saturated rings. The highest BCUT2D eigenvalue weighted by atomic mass is 16.5. The SMILES string of the molecule is Cn1c(CCC(=O)N2CCC[C@@H]2c2ccc3c(c2)OCCCO3)nc2ccccc2c1=O. The van der Waals surface area contributed by atoms with Crippen LogP contribution in [0.1, 0.15) is 43.1 Å². The number of ether oxygens (including phenoxy) is 2. The van der Waals surface area contributed by atoms with E-state index < -0.39 is 0 Å². The van der Waals surface area contributed by atoms with Crippen LogP contribution in [0.25, 0.3) is 10.9 Å². The predicted molar refractivity (Wildman–Crippen MR) is 121 cm³/mol. The van der Waals surface area contributed by atoms with Crippen LogP contribution in [0.15, 0.2) is 47.3 Å². The van der Waals surface area contributed by atoms with Crippen molar-refractivity contribution in [2.24, 2.45) is 7.05 Å². The Hall–Kier alpha value is -3.35. The number of rotatable bonds is 4. The van der Waals surface area contributed by atoms with Crippen LogP contribution in [0, 0.1) is 0 Å². The molecule has 1 aromatic heterocycles. The summed E-state index contributed by atoms with van der Waals surface area (Å²) in [5.41, 5.74) is 1.67. The molecule has 5 rings (SSSR count). The molecule has 1 saturated heterocycles. The summed E-state index contributed by atoms with van der Waals surface area (Å²) in [4.78, 5) is 32.4. The van der Waals surface area contributed by atoms with E-state index in [1.165, 1.54) is 0 Å². The number of hydrogen-bond acceptors (Lipinski definition) is 5. The Morgan fingerprint density at radius 2 is 1.91 bits per heavy atom. The first-order valence-corrected chi connectivity index (χ1v) is 11.3. The van der Waals surface area contributed by atoms with Gasteiger partial charge in [0.15, 0.2) is 11.5 Å². The summed E-state index contributed by atoms with van der Waals surface area (Å²) >= 11 is 0. The van der Waals surface area contributed by atoms with Crippen molar-refractivity contribution in [3.63, 3.8) is 0 Å². The summed E-state index contributed by atoms with van der Waals surface area (Å²) < 4.78 is 13.1. The van der Waals surface area contributed by atoms with Crippen LogP contribution < -0.4 is 15.0 Å². The van der Waals surface area contributed by atoms with Gasteiger partial charge in [-0.05, 0) is 42.7 Å². The van der Waals surface area contributed by atoms with Crippen molar-refractivity contribution < 1.29 is 14.3 Å². The summed E-state index contributed by atoms with van der Waals surface area (Å²) in [6, 6.07) is 13.4. The number of carbonyl (C=O) groups excluding carboxylic acids is 1. The Balaban J connectivity index is 1.33. The van der Waals surface area contributed by atoms with E-state index in [1.54, 1.807) is 17.7 Å². The van der Waals surface area contributed by atoms with E-state index in [0.29, 0.717) is 42.8 Å². The third-order valence-electron chi connectivity index (χ3n) is 6.37. The molecule has 1 amide bonds. The van der Waals surface area contributed by atoms with Gasteiger partial charge in [-0.25, -0.2) is 4.98 Å². The number of carbonyl (C=O) groups is 1. The van der Waals surface area contributed by atoms with Gasteiger partial charge >= 0.3 is 0 Å². The van der Waals surface area contributed by atoms with Gasteiger partial charge in [-0.2, -0.15) is 0 Å². The summed E-state index contributed by atoms with van der Waals surface area (Å²) in [7, 11) is 1.72. The van der Waals surface area contributed by atoms with Gasteiger partial charge in [-0.1, -0.05) is 18.2 Å². The fourth-order valence-electron chi connectivity index (χ4n) is 4.65. The minimum absolute atomic E-state index is 0.0352. The molecule has 3 heterocycles. The predicted octanol–water partition coefficient (Wildman–Crippen LogP) is 3.39. The molecule has 0 N–H and O–H groups in total. The second kappa shape index (κ2) is 8.65. The second-order valence-electron chi connectivity index (χ2n) is 8.41. The van der Waals surface area contributed by atoms with E-state index in [2.05, 4.69) is 4.98 Å². The zero-order valence-electron chi connectivity index (χ0n) is 18.3. The lowest BCUT2D eigenvalue weighted by Gasteiger charge is -2.26. The van der Waals surface area contributed by atoms with Crippen molar-refractivity contribution in [2.75, 3.05) is 19.8 Å². The summed E-state index contributed by atoms with van der Waals surface area (Å²) in [6.07, 6.45) is 3.51. The highest BCUT2D eigenvalue weighted by molar-refractivity contribution is 5.78. The zero-order chi connectivity index (χ0) is 22.1. The number of fused-ring (bicyclic) bond motifs is 2. The number of aromatic nitrogens is 2. The van der Waals surface area contributed by atoms with E-state index in [-0.39, 0.29) is 17.5 Å². The fourth-order valence-corrected chi connectivity index (χ4v) is 4.65. The maximum Gasteiger partial charge on any atom is 0.261 e. The summed E-state index contributed by atoms with van der Waals surface area (Å²) in [5.74, 6) is 2.25. The Morgan fingerprint density at radius 3 is 2.78 bits per heavy atom. The van der Waals surface area contributed by atoms with Crippen LogP contribution >= 0.6 is 0 Å². The van der Waals surface area contributed by atoms with Crippen LogP contribution in [0.4, 0.5) is 0 Å². The molecule has 0 radical (unpaired) electrons. The van der Waals surface area contributed by atoms with Gasteiger partial charge in [0.25, 0.3) is 5.56 Å². The molecule has 0 spiro atoms. The molecule has 3 aromatic rings. The highest BCUT2D eigenvalue weighted by Crippen LogP contribution is 2.38. The smallest absolute Gasteiger partial charge is 0.261 e. The number of amides is 1. The van der Waals surface area contributed by atoms with Crippen LogP contribution in [0.5, 0.6) is 11.5 Å². The van der Waals surface area contributed by atoms with Gasteiger partial charge in [0, 0.05) is 32.9 Å². The van der Waals surface area contributed by atoms with Crippen molar-refractivity contribution in [2.45, 2.75) is 38.1 Å². The van der Waals surface area contributed by atoms with Gasteiger partial charge in [0.05, 0.1) is 30.2 Å². The first kappa shape index (κ1) is 20.5. The minimum Gasteiger partial charge on any atom is -0.490 e. The molecule has 0 saturated carbocycles. The number of para-hydroxylation sites is 1. The third kappa shape index (κ3) is 3.83. The lowest BCUT2D eigenvalue weighted by atomic mass is 10.0. The first-order chi connectivity index (χ1) is 15.6. The molecule has 2 aromatic carbocycles. The summed E-state index contributed by atoms with van der Waals surface area (Å²) in [6.45, 7) is 2.04. The molecule has 1 atom stereocenters. The molecule has 166 valence electrons. The second-order valence-corrected chi connectivity index (χ2v) is 8.41. The third-order valence-corrected chi connectivity index (χ3v) is 6.37. The van der Waals surface area contributed by atoms with Crippen molar-refractivity contribution in [1.82, 2.24) is 14.5 Å². The molecular formula is C25H27N3O4. The van der Waals surface area contributed by atoms with Crippen LogP contribution in [0.3, 0.4) is 0 Å². The maximum absolute atomic E-state index is 13.2. The monoisotopic (exact) mass is 433 g/mol. The Bertz CT molecular complexity index is 1220. The van der Waals surface area contributed by atoms with Crippen molar-refractivity contribution >= 4 is 16.8 Å². The van der Waals surface area contributed by atoms with E-state index in [9.17, 15) is 9.59 Å². The van der Waals surface area contributed by atoms with Crippen LogP contribution in [-0.4, -0.2) is 40.1 Å². The van der Waals surface area contributed by atoms with Crippen molar-refractivity contribution in [3.05, 3.63) is 64.2 Å². The average molecular weight is 434 g/mol. The topological polar surface area (TPSA) is 73.7 Å². The van der Waals surface area contributed by atoms with Crippen molar-refractivity contribution in [1.29, 1.82) is 0 Å². The molecule has 2 aliphatic rings. The van der Waals surface area contributed by atoms with Crippen molar-refractivity contribution in [3.8, 4) is 11.5 Å². The highest BCUT2D eigenvalue weighted by Gasteiger charge is 2.30. The number of likely N-dealkylation sites (tertiary alicyclic amines) is 1. The van der Waals surface area contributed by atoms with E-state index in [1.807, 2.05) is 41.3 Å². The van der Waals surface area contributed by atoms with Gasteiger partial charge in [-0.3, -0.25) is 14.2 Å². The van der Waals surface area contributed by atoms with Crippen LogP contribution in [0.2, 0.25) is 0 Å². The quantitative estimate of drug-likeness (QED) is 0.631. The zero-order valence-corrected chi connectivity index (χ0v) is 18.3.